The maximum Gasteiger partial charge on any atom is 0.231 e. The number of amides is 1. The first-order valence-electron chi connectivity index (χ1n) is 7.89. The highest BCUT2D eigenvalue weighted by Gasteiger charge is 2.37. The highest BCUT2D eigenvalue weighted by molar-refractivity contribution is 5.85. The molecule has 1 fully saturated rings. The Balaban J connectivity index is 0.00000225. The maximum atomic E-state index is 10.8. The van der Waals surface area contributed by atoms with Crippen LogP contribution in [0.25, 0.3) is 0 Å². The van der Waals surface area contributed by atoms with Gasteiger partial charge in [-0.25, -0.2) is 0 Å². The summed E-state index contributed by atoms with van der Waals surface area (Å²) in [5, 5.41) is 11.9. The molecule has 0 saturated heterocycles. The number of benzene rings is 2. The van der Waals surface area contributed by atoms with E-state index in [1.807, 2.05) is 24.3 Å². The van der Waals surface area contributed by atoms with Gasteiger partial charge in [0.15, 0.2) is 0 Å². The van der Waals surface area contributed by atoms with E-state index >= 15 is 0 Å². The molecule has 1 amide bonds. The largest absolute Gasteiger partial charge is 0.489 e. The predicted octanol–water partition coefficient (Wildman–Crippen LogP) is 2.49. The Morgan fingerprint density at radius 2 is 1.88 bits per heavy atom. The van der Waals surface area contributed by atoms with Gasteiger partial charge in [-0.1, -0.05) is 24.3 Å². The SMILES string of the molecule is Cl.N#Cc1ccc(COc2ccc(C3CC3NCC(N)=O)cc2)cc1. The molecule has 1 aliphatic carbocycles. The van der Waals surface area contributed by atoms with Gasteiger partial charge in [-0.05, 0) is 41.8 Å². The van der Waals surface area contributed by atoms with Crippen molar-refractivity contribution in [2.24, 2.45) is 5.73 Å². The van der Waals surface area contributed by atoms with Crippen LogP contribution in [0.1, 0.15) is 29.0 Å². The number of halogens is 1. The average molecular weight is 358 g/mol. The molecule has 1 aliphatic rings. The van der Waals surface area contributed by atoms with E-state index in [0.717, 1.165) is 17.7 Å². The number of nitriles is 1. The van der Waals surface area contributed by atoms with Crippen molar-refractivity contribution in [1.82, 2.24) is 5.32 Å². The first-order valence-corrected chi connectivity index (χ1v) is 7.89. The van der Waals surface area contributed by atoms with Crippen LogP contribution < -0.4 is 15.8 Å². The number of hydrogen-bond acceptors (Lipinski definition) is 4. The number of hydrogen-bond donors (Lipinski definition) is 2. The average Bonchev–Trinajstić information content (AvgIpc) is 3.39. The first-order chi connectivity index (χ1) is 11.7. The van der Waals surface area contributed by atoms with Gasteiger partial charge in [-0.2, -0.15) is 5.26 Å². The van der Waals surface area contributed by atoms with Crippen LogP contribution in [-0.4, -0.2) is 18.5 Å². The summed E-state index contributed by atoms with van der Waals surface area (Å²) in [5.74, 6) is 0.925. The van der Waals surface area contributed by atoms with Crippen molar-refractivity contribution in [1.29, 1.82) is 5.26 Å². The lowest BCUT2D eigenvalue weighted by Crippen LogP contribution is -2.30. The third kappa shape index (κ3) is 5.21. The molecular weight excluding hydrogens is 338 g/mol. The van der Waals surface area contributed by atoms with Gasteiger partial charge in [0.05, 0.1) is 18.2 Å². The minimum atomic E-state index is -0.327. The molecular formula is C19H20ClN3O2. The fourth-order valence-corrected chi connectivity index (χ4v) is 2.67. The summed E-state index contributed by atoms with van der Waals surface area (Å²) < 4.78 is 5.77. The van der Waals surface area contributed by atoms with Crippen LogP contribution in [0.4, 0.5) is 0 Å². The summed E-state index contributed by atoms with van der Waals surface area (Å²) in [5.41, 5.74) is 8.04. The molecule has 3 rings (SSSR count). The summed E-state index contributed by atoms with van der Waals surface area (Å²) in [4.78, 5) is 10.8. The number of carbonyl (C=O) groups is 1. The van der Waals surface area contributed by atoms with Crippen LogP contribution in [0.2, 0.25) is 0 Å². The zero-order valence-corrected chi connectivity index (χ0v) is 14.5. The van der Waals surface area contributed by atoms with Crippen LogP contribution in [0.3, 0.4) is 0 Å². The topological polar surface area (TPSA) is 88.1 Å². The van der Waals surface area contributed by atoms with E-state index in [1.54, 1.807) is 12.1 Å². The summed E-state index contributed by atoms with van der Waals surface area (Å²) in [6.45, 7) is 0.699. The van der Waals surface area contributed by atoms with Crippen LogP contribution >= 0.6 is 12.4 Å². The molecule has 1 saturated carbocycles. The molecule has 0 aromatic heterocycles. The molecule has 5 nitrogen and oxygen atoms in total. The number of ether oxygens (including phenoxy) is 1. The number of nitrogens with two attached hydrogens (primary N) is 1. The van der Waals surface area contributed by atoms with Crippen molar-refractivity contribution in [2.45, 2.75) is 25.0 Å². The zero-order valence-electron chi connectivity index (χ0n) is 13.6. The third-order valence-electron chi connectivity index (χ3n) is 4.13. The fraction of sp³-hybridized carbons (Fsp3) is 0.263. The Kier molecular flexibility index (Phi) is 6.40. The molecule has 0 bridgehead atoms. The Bertz CT molecular complexity index is 754. The van der Waals surface area contributed by atoms with E-state index in [1.165, 1.54) is 5.56 Å². The monoisotopic (exact) mass is 357 g/mol. The van der Waals surface area contributed by atoms with E-state index in [9.17, 15) is 4.79 Å². The molecule has 2 aromatic carbocycles. The summed E-state index contributed by atoms with van der Waals surface area (Å²) in [6, 6.07) is 17.8. The predicted molar refractivity (Wildman–Crippen MR) is 97.5 cm³/mol. The third-order valence-corrected chi connectivity index (χ3v) is 4.13. The van der Waals surface area contributed by atoms with E-state index < -0.39 is 0 Å². The van der Waals surface area contributed by atoms with Crippen molar-refractivity contribution in [3.8, 4) is 11.8 Å². The zero-order chi connectivity index (χ0) is 16.9. The fourth-order valence-electron chi connectivity index (χ4n) is 2.67. The molecule has 2 aromatic rings. The molecule has 6 heteroatoms. The quantitative estimate of drug-likeness (QED) is 0.796. The van der Waals surface area contributed by atoms with Gasteiger partial charge < -0.3 is 15.8 Å². The molecule has 0 spiro atoms. The molecule has 25 heavy (non-hydrogen) atoms. The summed E-state index contributed by atoms with van der Waals surface area (Å²) >= 11 is 0. The van der Waals surface area contributed by atoms with E-state index in [-0.39, 0.29) is 24.9 Å². The van der Waals surface area contributed by atoms with E-state index in [0.29, 0.717) is 24.1 Å². The van der Waals surface area contributed by atoms with Gasteiger partial charge in [0.1, 0.15) is 12.4 Å². The van der Waals surface area contributed by atoms with E-state index in [2.05, 4.69) is 23.5 Å². The Hall–Kier alpha value is -2.55. The second-order valence-corrected chi connectivity index (χ2v) is 5.96. The van der Waals surface area contributed by atoms with Gasteiger partial charge in [-0.3, -0.25) is 4.79 Å². The summed E-state index contributed by atoms with van der Waals surface area (Å²) in [6.07, 6.45) is 1.03. The molecule has 0 heterocycles. The molecule has 3 N–H and O–H groups in total. The second kappa shape index (κ2) is 8.52. The molecule has 130 valence electrons. The van der Waals surface area contributed by atoms with E-state index in [4.69, 9.17) is 15.7 Å². The Morgan fingerprint density at radius 3 is 2.48 bits per heavy atom. The smallest absolute Gasteiger partial charge is 0.231 e. The highest BCUT2D eigenvalue weighted by atomic mass is 35.5. The molecule has 0 radical (unpaired) electrons. The Morgan fingerprint density at radius 1 is 1.20 bits per heavy atom. The van der Waals surface area contributed by atoms with Crippen LogP contribution in [0, 0.1) is 11.3 Å². The number of nitrogens with zero attached hydrogens (tertiary/aromatic N) is 1. The summed E-state index contributed by atoms with van der Waals surface area (Å²) in [7, 11) is 0. The molecule has 2 unspecified atom stereocenters. The molecule has 2 atom stereocenters. The van der Waals surface area contributed by atoms with Crippen LogP contribution in [0.5, 0.6) is 5.75 Å². The lowest BCUT2D eigenvalue weighted by atomic mass is 10.1. The van der Waals surface area contributed by atoms with Crippen molar-refractivity contribution < 1.29 is 9.53 Å². The van der Waals surface area contributed by atoms with Gasteiger partial charge in [0.2, 0.25) is 5.91 Å². The lowest BCUT2D eigenvalue weighted by molar-refractivity contribution is -0.117. The van der Waals surface area contributed by atoms with Crippen LogP contribution in [-0.2, 0) is 11.4 Å². The van der Waals surface area contributed by atoms with Crippen molar-refractivity contribution in [3.05, 3.63) is 65.2 Å². The number of carbonyl (C=O) groups excluding carboxylic acids is 1. The lowest BCUT2D eigenvalue weighted by Gasteiger charge is -2.08. The highest BCUT2D eigenvalue weighted by Crippen LogP contribution is 2.41. The van der Waals surface area contributed by atoms with Gasteiger partial charge in [-0.15, -0.1) is 12.4 Å². The Labute approximate surface area is 153 Å². The standard InChI is InChI=1S/C19H19N3O2.ClH/c20-10-13-1-3-14(4-2-13)12-24-16-7-5-15(6-8-16)17-9-18(17)22-11-19(21)23;/h1-8,17-18,22H,9,11-12H2,(H2,21,23);1H. The van der Waals surface area contributed by atoms with Crippen molar-refractivity contribution in [3.63, 3.8) is 0 Å². The minimum Gasteiger partial charge on any atom is -0.489 e. The van der Waals surface area contributed by atoms with Gasteiger partial charge in [0, 0.05) is 12.0 Å². The number of primary amides is 1. The van der Waals surface area contributed by atoms with Crippen LogP contribution in [0.15, 0.2) is 48.5 Å². The second-order valence-electron chi connectivity index (χ2n) is 5.96. The van der Waals surface area contributed by atoms with Gasteiger partial charge >= 0.3 is 0 Å². The van der Waals surface area contributed by atoms with Gasteiger partial charge in [0.25, 0.3) is 0 Å². The number of nitrogens with one attached hydrogen (secondary N) is 1. The maximum absolute atomic E-state index is 10.8. The normalized spacial score (nSPS) is 17.9. The first kappa shape index (κ1) is 18.8. The van der Waals surface area contributed by atoms with Crippen molar-refractivity contribution in [2.75, 3.05) is 6.54 Å². The minimum absolute atomic E-state index is 0. The van der Waals surface area contributed by atoms with Crippen molar-refractivity contribution >= 4 is 18.3 Å². The molecule has 0 aliphatic heterocycles. The number of rotatable bonds is 7.